The van der Waals surface area contributed by atoms with Gasteiger partial charge in [0.15, 0.2) is 0 Å². The summed E-state index contributed by atoms with van der Waals surface area (Å²) in [6, 6.07) is 9.96. The minimum atomic E-state index is 0.737. The highest BCUT2D eigenvalue weighted by molar-refractivity contribution is 9.10. The van der Waals surface area contributed by atoms with Crippen LogP contribution in [0.4, 0.5) is 0 Å². The highest BCUT2D eigenvalue weighted by Gasteiger charge is 2.37. The molecule has 3 aliphatic rings. The third kappa shape index (κ3) is 2.80. The van der Waals surface area contributed by atoms with Gasteiger partial charge in [-0.1, -0.05) is 22.0 Å². The van der Waals surface area contributed by atoms with Crippen LogP contribution in [0.1, 0.15) is 43.2 Å². The smallest absolute Gasteiger partial charge is 0.0178 e. The molecule has 1 aliphatic carbocycles. The van der Waals surface area contributed by atoms with E-state index >= 15 is 0 Å². The molecule has 4 rings (SSSR count). The Labute approximate surface area is 136 Å². The summed E-state index contributed by atoms with van der Waals surface area (Å²) >= 11 is 3.60. The molecule has 2 aliphatic heterocycles. The number of likely N-dealkylation sites (N-methyl/N-ethyl adjacent to an activating group) is 1. The zero-order valence-corrected chi connectivity index (χ0v) is 14.4. The first-order valence-corrected chi connectivity index (χ1v) is 9.23. The van der Waals surface area contributed by atoms with E-state index in [0.29, 0.717) is 0 Å². The number of benzene rings is 1. The molecule has 114 valence electrons. The van der Waals surface area contributed by atoms with E-state index in [-0.39, 0.29) is 0 Å². The number of aryl methyl sites for hydroxylation is 1. The average Bonchev–Trinajstić information content (AvgIpc) is 2.84. The maximum atomic E-state index is 3.77. The summed E-state index contributed by atoms with van der Waals surface area (Å²) in [5.74, 6) is 0. The number of halogens is 1. The molecule has 0 aromatic heterocycles. The largest absolute Gasteiger partial charge is 0.311 e. The van der Waals surface area contributed by atoms with E-state index in [1.807, 2.05) is 0 Å². The first-order valence-electron chi connectivity index (χ1n) is 8.44. The molecule has 0 amide bonds. The second-order valence-electron chi connectivity index (χ2n) is 7.24. The molecule has 0 radical (unpaired) electrons. The fourth-order valence-electron chi connectivity index (χ4n) is 4.71. The number of nitrogens with zero attached hydrogens (tertiary/aromatic N) is 1. The van der Waals surface area contributed by atoms with Crippen molar-refractivity contribution in [2.45, 2.75) is 69.1 Å². The van der Waals surface area contributed by atoms with E-state index in [1.165, 1.54) is 49.4 Å². The molecule has 1 aromatic carbocycles. The minimum Gasteiger partial charge on any atom is -0.311 e. The van der Waals surface area contributed by atoms with Crippen LogP contribution in [0.5, 0.6) is 0 Å². The molecule has 0 spiro atoms. The van der Waals surface area contributed by atoms with Crippen LogP contribution in [0.15, 0.2) is 22.7 Å². The van der Waals surface area contributed by atoms with Crippen LogP contribution in [0.2, 0.25) is 0 Å². The van der Waals surface area contributed by atoms with E-state index in [1.54, 1.807) is 11.1 Å². The molecule has 1 N–H and O–H groups in total. The van der Waals surface area contributed by atoms with Gasteiger partial charge in [-0.2, -0.15) is 0 Å². The molecule has 2 fully saturated rings. The van der Waals surface area contributed by atoms with E-state index in [0.717, 1.165) is 24.2 Å². The standard InChI is InChI=1S/C18H25BrN2/c1-21(18-10-15-5-6-16(11-18)20-15)17-7-3-12-8-14(19)4-2-13(12)9-17/h2,4,8,15-18,20H,3,5-7,9-11H2,1H3. The lowest BCUT2D eigenvalue weighted by Crippen LogP contribution is -2.51. The normalized spacial score (nSPS) is 35.0. The lowest BCUT2D eigenvalue weighted by Gasteiger charge is -2.41. The number of hydrogen-bond donors (Lipinski definition) is 1. The zero-order chi connectivity index (χ0) is 14.4. The number of fused-ring (bicyclic) bond motifs is 3. The van der Waals surface area contributed by atoms with Crippen molar-refractivity contribution in [3.63, 3.8) is 0 Å². The summed E-state index contributed by atoms with van der Waals surface area (Å²) < 4.78 is 1.22. The lowest BCUT2D eigenvalue weighted by atomic mass is 9.86. The average molecular weight is 349 g/mol. The maximum absolute atomic E-state index is 3.77. The van der Waals surface area contributed by atoms with Crippen LogP contribution in [0.3, 0.4) is 0 Å². The van der Waals surface area contributed by atoms with Gasteiger partial charge in [0.2, 0.25) is 0 Å². The topological polar surface area (TPSA) is 15.3 Å². The molecule has 21 heavy (non-hydrogen) atoms. The monoisotopic (exact) mass is 348 g/mol. The van der Waals surface area contributed by atoms with E-state index in [4.69, 9.17) is 0 Å². The SMILES string of the molecule is CN(C1CCc2cc(Br)ccc2C1)C1CC2CCC(C1)N2. The molecule has 2 saturated heterocycles. The van der Waals surface area contributed by atoms with Gasteiger partial charge in [-0.05, 0) is 75.3 Å². The van der Waals surface area contributed by atoms with Crippen molar-refractivity contribution in [3.8, 4) is 0 Å². The Morgan fingerprint density at radius 3 is 2.57 bits per heavy atom. The highest BCUT2D eigenvalue weighted by Crippen LogP contribution is 2.33. The Morgan fingerprint density at radius 2 is 1.81 bits per heavy atom. The summed E-state index contributed by atoms with van der Waals surface area (Å²) in [6.07, 6.45) is 9.31. The second-order valence-corrected chi connectivity index (χ2v) is 8.15. The van der Waals surface area contributed by atoms with Crippen molar-refractivity contribution < 1.29 is 0 Å². The Kier molecular flexibility index (Phi) is 3.85. The number of rotatable bonds is 2. The van der Waals surface area contributed by atoms with Crippen LogP contribution in [-0.2, 0) is 12.8 Å². The summed E-state index contributed by atoms with van der Waals surface area (Å²) in [5, 5.41) is 3.77. The molecule has 3 unspecified atom stereocenters. The van der Waals surface area contributed by atoms with Crippen molar-refractivity contribution in [2.24, 2.45) is 0 Å². The summed E-state index contributed by atoms with van der Waals surface area (Å²) in [4.78, 5) is 2.72. The zero-order valence-electron chi connectivity index (χ0n) is 12.8. The van der Waals surface area contributed by atoms with E-state index in [2.05, 4.69) is 51.4 Å². The van der Waals surface area contributed by atoms with E-state index < -0.39 is 0 Å². The Hall–Kier alpha value is -0.380. The molecule has 3 atom stereocenters. The Bertz CT molecular complexity index is 518. The van der Waals surface area contributed by atoms with Gasteiger partial charge >= 0.3 is 0 Å². The predicted octanol–water partition coefficient (Wildman–Crippen LogP) is 3.52. The van der Waals surface area contributed by atoms with Gasteiger partial charge in [0.25, 0.3) is 0 Å². The summed E-state index contributed by atoms with van der Waals surface area (Å²) in [5.41, 5.74) is 3.12. The van der Waals surface area contributed by atoms with Crippen LogP contribution in [-0.4, -0.2) is 36.1 Å². The number of piperidine rings is 1. The third-order valence-corrected chi connectivity index (χ3v) is 6.46. The molecule has 2 heterocycles. The first kappa shape index (κ1) is 14.2. The van der Waals surface area contributed by atoms with Crippen LogP contribution >= 0.6 is 15.9 Å². The van der Waals surface area contributed by atoms with Gasteiger partial charge in [0.05, 0.1) is 0 Å². The summed E-state index contributed by atoms with van der Waals surface area (Å²) in [7, 11) is 2.38. The second kappa shape index (κ2) is 5.68. The first-order chi connectivity index (χ1) is 10.2. The maximum Gasteiger partial charge on any atom is 0.0178 e. The molecular formula is C18H25BrN2. The van der Waals surface area contributed by atoms with Crippen molar-refractivity contribution in [3.05, 3.63) is 33.8 Å². The van der Waals surface area contributed by atoms with Gasteiger partial charge in [-0.15, -0.1) is 0 Å². The van der Waals surface area contributed by atoms with Crippen molar-refractivity contribution in [1.29, 1.82) is 0 Å². The van der Waals surface area contributed by atoms with Crippen molar-refractivity contribution in [1.82, 2.24) is 10.2 Å². The number of nitrogens with one attached hydrogen (secondary N) is 1. The molecule has 0 saturated carbocycles. The fraction of sp³-hybridized carbons (Fsp3) is 0.667. The molecule has 2 nitrogen and oxygen atoms in total. The van der Waals surface area contributed by atoms with Gasteiger partial charge in [0, 0.05) is 28.6 Å². The summed E-state index contributed by atoms with van der Waals surface area (Å²) in [6.45, 7) is 0. The molecular weight excluding hydrogens is 324 g/mol. The molecule has 1 aromatic rings. The van der Waals surface area contributed by atoms with Crippen molar-refractivity contribution >= 4 is 15.9 Å². The van der Waals surface area contributed by atoms with Crippen LogP contribution < -0.4 is 5.32 Å². The molecule has 3 heteroatoms. The minimum absolute atomic E-state index is 0.737. The quantitative estimate of drug-likeness (QED) is 0.879. The Balaban J connectivity index is 1.46. The predicted molar refractivity (Wildman–Crippen MR) is 90.7 cm³/mol. The fourth-order valence-corrected chi connectivity index (χ4v) is 5.12. The van der Waals surface area contributed by atoms with E-state index in [9.17, 15) is 0 Å². The van der Waals surface area contributed by atoms with Gasteiger partial charge in [-0.25, -0.2) is 0 Å². The highest BCUT2D eigenvalue weighted by atomic mass is 79.9. The van der Waals surface area contributed by atoms with Gasteiger partial charge < -0.3 is 10.2 Å². The van der Waals surface area contributed by atoms with Gasteiger partial charge in [-0.3, -0.25) is 0 Å². The Morgan fingerprint density at radius 1 is 1.05 bits per heavy atom. The molecule has 2 bridgehead atoms. The lowest BCUT2D eigenvalue weighted by molar-refractivity contribution is 0.115. The van der Waals surface area contributed by atoms with Crippen LogP contribution in [0, 0.1) is 0 Å². The third-order valence-electron chi connectivity index (χ3n) is 5.97. The van der Waals surface area contributed by atoms with Crippen molar-refractivity contribution in [2.75, 3.05) is 7.05 Å². The van der Waals surface area contributed by atoms with Gasteiger partial charge in [0.1, 0.15) is 0 Å². The number of hydrogen-bond acceptors (Lipinski definition) is 2. The van der Waals surface area contributed by atoms with Crippen LogP contribution in [0.25, 0.3) is 0 Å².